The number of ether oxygens (including phenoxy) is 1. The highest BCUT2D eigenvalue weighted by Crippen LogP contribution is 2.40. The number of allylic oxidation sites excluding steroid dienone is 3. The fraction of sp³-hybridized carbons (Fsp3) is 0.560. The van der Waals surface area contributed by atoms with Gasteiger partial charge >= 0.3 is 5.97 Å². The van der Waals surface area contributed by atoms with Gasteiger partial charge in [0.15, 0.2) is 0 Å². The minimum absolute atomic E-state index is 0.172. The number of esters is 1. The molecule has 1 aliphatic rings. The molecule has 1 saturated carbocycles. The largest absolute Gasteiger partial charge is 0.469 e. The quantitative estimate of drug-likeness (QED) is 0.327. The summed E-state index contributed by atoms with van der Waals surface area (Å²) >= 11 is 0. The Bertz CT molecular complexity index is 652. The van der Waals surface area contributed by atoms with Crippen LogP contribution in [0.4, 0.5) is 0 Å². The summed E-state index contributed by atoms with van der Waals surface area (Å²) in [5, 5.41) is 20.8. The summed E-state index contributed by atoms with van der Waals surface area (Å²) in [5.41, 5.74) is 1.24. The molecule has 4 heteroatoms. The Morgan fingerprint density at radius 2 is 2.03 bits per heavy atom. The summed E-state index contributed by atoms with van der Waals surface area (Å²) < 4.78 is 4.64. The lowest BCUT2D eigenvalue weighted by atomic mass is 9.86. The van der Waals surface area contributed by atoms with Crippen molar-refractivity contribution >= 4 is 5.97 Å². The molecule has 0 aliphatic heterocycles. The van der Waals surface area contributed by atoms with Gasteiger partial charge in [-0.1, -0.05) is 61.6 Å². The molecule has 0 unspecified atom stereocenters. The molecule has 1 aliphatic carbocycles. The van der Waals surface area contributed by atoms with Crippen LogP contribution in [-0.4, -0.2) is 35.5 Å². The van der Waals surface area contributed by atoms with Gasteiger partial charge in [-0.15, -0.1) is 0 Å². The first-order valence-electron chi connectivity index (χ1n) is 10.8. The minimum Gasteiger partial charge on any atom is -0.469 e. The molecule has 1 aromatic carbocycles. The summed E-state index contributed by atoms with van der Waals surface area (Å²) in [5.74, 6) is 0.685. The number of carbonyl (C=O) groups is 1. The van der Waals surface area contributed by atoms with E-state index in [0.29, 0.717) is 18.8 Å². The number of benzene rings is 1. The molecule has 1 fully saturated rings. The van der Waals surface area contributed by atoms with Crippen molar-refractivity contribution in [1.29, 1.82) is 0 Å². The van der Waals surface area contributed by atoms with Gasteiger partial charge in [-0.2, -0.15) is 0 Å². The van der Waals surface area contributed by atoms with Crippen molar-refractivity contribution in [2.45, 2.75) is 64.1 Å². The van der Waals surface area contributed by atoms with E-state index >= 15 is 0 Å². The second kappa shape index (κ2) is 12.6. The number of aliphatic hydroxyl groups is 2. The van der Waals surface area contributed by atoms with E-state index in [1.165, 1.54) is 12.7 Å². The second-order valence-electron chi connectivity index (χ2n) is 8.17. The van der Waals surface area contributed by atoms with Crippen LogP contribution >= 0.6 is 0 Å². The molecule has 0 radical (unpaired) electrons. The highest BCUT2D eigenvalue weighted by Gasteiger charge is 2.37. The van der Waals surface area contributed by atoms with Crippen molar-refractivity contribution < 1.29 is 19.7 Å². The van der Waals surface area contributed by atoms with Crippen molar-refractivity contribution in [3.8, 4) is 0 Å². The van der Waals surface area contributed by atoms with Gasteiger partial charge in [0, 0.05) is 6.42 Å². The molecule has 0 bridgehead atoms. The Morgan fingerprint density at radius 1 is 1.28 bits per heavy atom. The van der Waals surface area contributed by atoms with Crippen LogP contribution < -0.4 is 0 Å². The van der Waals surface area contributed by atoms with Gasteiger partial charge in [0.25, 0.3) is 0 Å². The number of hydrogen-bond donors (Lipinski definition) is 2. The van der Waals surface area contributed by atoms with Crippen LogP contribution in [-0.2, 0) is 16.0 Å². The lowest BCUT2D eigenvalue weighted by Crippen LogP contribution is -2.18. The highest BCUT2D eigenvalue weighted by molar-refractivity contribution is 5.69. The second-order valence-corrected chi connectivity index (χ2v) is 8.17. The first-order valence-corrected chi connectivity index (χ1v) is 10.8. The molecule has 1 aromatic rings. The van der Waals surface area contributed by atoms with Crippen molar-refractivity contribution in [2.75, 3.05) is 7.11 Å². The maximum absolute atomic E-state index is 11.1. The Balaban J connectivity index is 1.80. The third-order valence-corrected chi connectivity index (χ3v) is 5.94. The van der Waals surface area contributed by atoms with Gasteiger partial charge in [-0.3, -0.25) is 4.79 Å². The molecular weight excluding hydrogens is 364 g/mol. The number of aryl methyl sites for hydroxylation is 1. The zero-order chi connectivity index (χ0) is 21.1. The average molecular weight is 401 g/mol. The summed E-state index contributed by atoms with van der Waals surface area (Å²) in [4.78, 5) is 11.1. The first kappa shape index (κ1) is 23.4. The number of unbranched alkanes of at least 4 members (excludes halogenated alkanes) is 1. The SMILES string of the molecule is COC(=O)CCC/C=C\C[C@@H]1[C@@H](/C=C/[C@@H](O)CCc2ccccc2)[C@H](C)C[C@@H]1O. The third kappa shape index (κ3) is 8.15. The van der Waals surface area contributed by atoms with Crippen molar-refractivity contribution in [3.63, 3.8) is 0 Å². The lowest BCUT2D eigenvalue weighted by Gasteiger charge is -2.20. The van der Waals surface area contributed by atoms with E-state index in [0.717, 1.165) is 32.1 Å². The number of rotatable bonds is 11. The van der Waals surface area contributed by atoms with E-state index in [1.54, 1.807) is 0 Å². The number of hydrogen-bond acceptors (Lipinski definition) is 4. The standard InChI is InChI=1S/C25H36O4/c1-19-18-24(27)23(12-8-3-4-9-13-25(28)29-2)22(19)17-16-21(26)15-14-20-10-6-5-7-11-20/h3,5-8,10-11,16-17,19,21-24,26-27H,4,9,12-15,18H2,1-2H3/b8-3-,17-16+/t19-,21+,22+,23-,24+/m1/s1. The Morgan fingerprint density at radius 3 is 2.76 bits per heavy atom. The first-order chi connectivity index (χ1) is 14.0. The Hall–Kier alpha value is -1.91. The van der Waals surface area contributed by atoms with Gasteiger partial charge in [-0.05, 0) is 61.8 Å². The predicted molar refractivity (Wildman–Crippen MR) is 116 cm³/mol. The lowest BCUT2D eigenvalue weighted by molar-refractivity contribution is -0.140. The number of methoxy groups -OCH3 is 1. The third-order valence-electron chi connectivity index (χ3n) is 5.94. The summed E-state index contributed by atoms with van der Waals surface area (Å²) in [7, 11) is 1.41. The highest BCUT2D eigenvalue weighted by atomic mass is 16.5. The molecule has 2 N–H and O–H groups in total. The predicted octanol–water partition coefficient (Wildman–Crippen LogP) is 4.46. The van der Waals surface area contributed by atoms with Crippen LogP contribution in [0.1, 0.15) is 51.0 Å². The number of aliphatic hydroxyl groups excluding tert-OH is 2. The zero-order valence-corrected chi connectivity index (χ0v) is 17.7. The summed E-state index contributed by atoms with van der Waals surface area (Å²) in [6.07, 6.45) is 12.7. The van der Waals surface area contributed by atoms with Crippen LogP contribution in [0.15, 0.2) is 54.6 Å². The van der Waals surface area contributed by atoms with E-state index < -0.39 is 6.10 Å². The smallest absolute Gasteiger partial charge is 0.305 e. The number of carbonyl (C=O) groups excluding carboxylic acids is 1. The van der Waals surface area contributed by atoms with Crippen LogP contribution in [0.2, 0.25) is 0 Å². The van der Waals surface area contributed by atoms with Gasteiger partial charge in [0.1, 0.15) is 0 Å². The molecule has 0 spiro atoms. The van der Waals surface area contributed by atoms with Gasteiger partial charge < -0.3 is 14.9 Å². The molecule has 29 heavy (non-hydrogen) atoms. The zero-order valence-electron chi connectivity index (χ0n) is 17.7. The van der Waals surface area contributed by atoms with Crippen molar-refractivity contribution in [3.05, 3.63) is 60.2 Å². The molecule has 0 heterocycles. The van der Waals surface area contributed by atoms with E-state index in [2.05, 4.69) is 42.0 Å². The molecule has 5 atom stereocenters. The fourth-order valence-electron chi connectivity index (χ4n) is 4.19. The van der Waals surface area contributed by atoms with E-state index in [4.69, 9.17) is 0 Å². The molecule has 160 valence electrons. The molecule has 0 amide bonds. The monoisotopic (exact) mass is 400 g/mol. The molecule has 0 saturated heterocycles. The maximum Gasteiger partial charge on any atom is 0.305 e. The minimum atomic E-state index is -0.463. The Labute approximate surface area is 175 Å². The Kier molecular flexibility index (Phi) is 10.2. The van der Waals surface area contributed by atoms with Gasteiger partial charge in [0.05, 0.1) is 19.3 Å². The van der Waals surface area contributed by atoms with Crippen molar-refractivity contribution in [1.82, 2.24) is 0 Å². The van der Waals surface area contributed by atoms with Crippen LogP contribution in [0.3, 0.4) is 0 Å². The average Bonchev–Trinajstić information content (AvgIpc) is 3.00. The fourth-order valence-corrected chi connectivity index (χ4v) is 4.19. The van der Waals surface area contributed by atoms with E-state index in [1.807, 2.05) is 24.3 Å². The van der Waals surface area contributed by atoms with Crippen LogP contribution in [0.5, 0.6) is 0 Å². The molecule has 4 nitrogen and oxygen atoms in total. The van der Waals surface area contributed by atoms with Crippen molar-refractivity contribution in [2.24, 2.45) is 17.8 Å². The van der Waals surface area contributed by atoms with Gasteiger partial charge in [-0.25, -0.2) is 0 Å². The molecule has 0 aromatic heterocycles. The van der Waals surface area contributed by atoms with Crippen LogP contribution in [0.25, 0.3) is 0 Å². The topological polar surface area (TPSA) is 66.8 Å². The van der Waals surface area contributed by atoms with E-state index in [9.17, 15) is 15.0 Å². The van der Waals surface area contributed by atoms with Gasteiger partial charge in [0.2, 0.25) is 0 Å². The molecule has 2 rings (SSSR count). The normalized spacial score (nSPS) is 25.7. The van der Waals surface area contributed by atoms with E-state index in [-0.39, 0.29) is 23.9 Å². The summed E-state index contributed by atoms with van der Waals surface area (Å²) in [6, 6.07) is 10.2. The summed E-state index contributed by atoms with van der Waals surface area (Å²) in [6.45, 7) is 2.18. The van der Waals surface area contributed by atoms with Crippen LogP contribution in [0, 0.1) is 17.8 Å². The maximum atomic E-state index is 11.1. The molecular formula is C25H36O4.